The third-order valence-electron chi connectivity index (χ3n) is 11.5. The Bertz CT molecular complexity index is 934. The van der Waals surface area contributed by atoms with E-state index in [0.717, 1.165) is 52.6 Å². The summed E-state index contributed by atoms with van der Waals surface area (Å²) in [6, 6.07) is 3.73. The molecule has 0 spiro atoms. The van der Waals surface area contributed by atoms with Crippen molar-refractivity contribution >= 4 is 5.57 Å². The molecule has 1 heteroatoms. The van der Waals surface area contributed by atoms with Crippen LogP contribution >= 0.6 is 0 Å². The number of allylic oxidation sites excluding steroid dienone is 1. The van der Waals surface area contributed by atoms with E-state index in [1.54, 1.807) is 51.1 Å². The molecule has 1 aromatic rings. The fourth-order valence-electron chi connectivity index (χ4n) is 9.89. The Labute approximate surface area is 223 Å². The molecule has 1 aromatic heterocycles. The Morgan fingerprint density at radius 1 is 1.06 bits per heavy atom. The summed E-state index contributed by atoms with van der Waals surface area (Å²) in [5.74, 6) is 9.82. The number of fused-ring (bicyclic) bond motifs is 5. The summed E-state index contributed by atoms with van der Waals surface area (Å²) in [6.07, 6.45) is 23.8. The molecule has 0 aliphatic heterocycles. The first-order valence-electron chi connectivity index (χ1n) is 15.2. The number of rotatable bonds is 4. The summed E-state index contributed by atoms with van der Waals surface area (Å²) in [5, 5.41) is 0. The number of hydrogen-bond donors (Lipinski definition) is 0. The Hall–Kier alpha value is -1.55. The summed E-state index contributed by atoms with van der Waals surface area (Å²) < 4.78 is 0. The summed E-state index contributed by atoms with van der Waals surface area (Å²) in [4.78, 5) is 4.02. The van der Waals surface area contributed by atoms with Gasteiger partial charge in [-0.25, -0.2) is 4.98 Å². The van der Waals surface area contributed by atoms with Crippen molar-refractivity contribution < 1.29 is 0 Å². The van der Waals surface area contributed by atoms with Gasteiger partial charge in [-0.2, -0.15) is 0 Å². The lowest BCUT2D eigenvalue weighted by Gasteiger charge is -2.58. The molecule has 0 radical (unpaired) electrons. The Morgan fingerprint density at radius 3 is 2.42 bits per heavy atom. The van der Waals surface area contributed by atoms with Crippen molar-refractivity contribution in [3.63, 3.8) is 0 Å². The van der Waals surface area contributed by atoms with Gasteiger partial charge in [0.25, 0.3) is 0 Å². The number of aromatic nitrogens is 1. The van der Waals surface area contributed by atoms with Crippen LogP contribution in [0.15, 0.2) is 24.9 Å². The van der Waals surface area contributed by atoms with Gasteiger partial charge in [0.1, 0.15) is 5.69 Å². The first-order valence-corrected chi connectivity index (χ1v) is 15.2. The van der Waals surface area contributed by atoms with Gasteiger partial charge in [-0.1, -0.05) is 59.6 Å². The van der Waals surface area contributed by atoms with E-state index in [1.807, 2.05) is 19.1 Å². The molecule has 4 aliphatic rings. The minimum absolute atomic E-state index is 0.662. The summed E-state index contributed by atoms with van der Waals surface area (Å²) in [6.45, 7) is 18.4. The molecule has 8 atom stereocenters. The second kappa shape index (κ2) is 11.1. The van der Waals surface area contributed by atoms with Crippen molar-refractivity contribution in [2.24, 2.45) is 52.3 Å². The highest BCUT2D eigenvalue weighted by molar-refractivity contribution is 5.60. The topological polar surface area (TPSA) is 12.9 Å². The third kappa shape index (κ3) is 5.35. The molecule has 1 heterocycles. The fourth-order valence-corrected chi connectivity index (χ4v) is 9.89. The second-order valence-corrected chi connectivity index (χ2v) is 14.1. The molecule has 198 valence electrons. The van der Waals surface area contributed by atoms with Crippen LogP contribution in [-0.2, 0) is 0 Å². The van der Waals surface area contributed by atoms with Gasteiger partial charge in [-0.15, -0.1) is 6.42 Å². The Balaban J connectivity index is 0.000000233. The minimum atomic E-state index is 0.662. The van der Waals surface area contributed by atoms with Crippen molar-refractivity contribution in [2.75, 3.05) is 0 Å². The van der Waals surface area contributed by atoms with E-state index >= 15 is 0 Å². The monoisotopic (exact) mass is 487 g/mol. The second-order valence-electron chi connectivity index (χ2n) is 14.1. The maximum Gasteiger partial charge on any atom is 0.112 e. The summed E-state index contributed by atoms with van der Waals surface area (Å²) in [7, 11) is 0. The average Bonchev–Trinajstić information content (AvgIpc) is 3.21. The molecule has 7 unspecified atom stereocenters. The third-order valence-corrected chi connectivity index (χ3v) is 11.5. The lowest BCUT2D eigenvalue weighted by molar-refractivity contribution is -0.0828. The highest BCUT2D eigenvalue weighted by Crippen LogP contribution is 2.66. The zero-order chi connectivity index (χ0) is 26.1. The molecule has 5 rings (SSSR count). The van der Waals surface area contributed by atoms with Crippen LogP contribution in [0.2, 0.25) is 0 Å². The zero-order valence-electron chi connectivity index (χ0n) is 24.3. The van der Waals surface area contributed by atoms with Crippen molar-refractivity contribution in [1.82, 2.24) is 4.98 Å². The lowest BCUT2D eigenvalue weighted by atomic mass is 9.47. The molecule has 0 bridgehead atoms. The van der Waals surface area contributed by atoms with Gasteiger partial charge in [0.15, 0.2) is 0 Å². The van der Waals surface area contributed by atoms with Crippen molar-refractivity contribution in [3.05, 3.63) is 36.2 Å². The smallest absolute Gasteiger partial charge is 0.112 e. The van der Waals surface area contributed by atoms with Crippen LogP contribution in [0.25, 0.3) is 5.57 Å². The van der Waals surface area contributed by atoms with Gasteiger partial charge in [-0.05, 0) is 141 Å². The van der Waals surface area contributed by atoms with Crippen LogP contribution in [0, 0.1) is 64.6 Å². The van der Waals surface area contributed by atoms with E-state index in [4.69, 9.17) is 6.42 Å². The van der Waals surface area contributed by atoms with E-state index in [1.165, 1.54) is 25.7 Å². The molecular weight excluding hydrogens is 434 g/mol. The number of terminal acetylenes is 1. The Morgan fingerprint density at radius 2 is 1.81 bits per heavy atom. The van der Waals surface area contributed by atoms with Gasteiger partial charge in [0.2, 0.25) is 0 Å². The zero-order valence-corrected chi connectivity index (χ0v) is 24.3. The quantitative estimate of drug-likeness (QED) is 0.385. The van der Waals surface area contributed by atoms with Gasteiger partial charge >= 0.3 is 0 Å². The standard InChI is InChI=1S/C25H44.C10H9N/c1-6-13-24(4)14-11-19-18(16-24)7-8-21-20(19)12-15-25(5)22(17(2)3)9-10-23(21)25;1-4-10-6-5-9(7-11-10)8(2)3/h17-23H,6-16H2,1-5H3;1,5-7H,2H2,3H3/t18?,19?,20?,21?,22?,23?,24-,25?;/m0./s1. The van der Waals surface area contributed by atoms with E-state index in [0.29, 0.717) is 16.5 Å². The van der Waals surface area contributed by atoms with Crippen LogP contribution in [-0.4, -0.2) is 4.98 Å². The molecule has 0 N–H and O–H groups in total. The average molecular weight is 488 g/mol. The summed E-state index contributed by atoms with van der Waals surface area (Å²) in [5.41, 5.74) is 4.07. The van der Waals surface area contributed by atoms with Gasteiger partial charge in [0, 0.05) is 6.20 Å². The van der Waals surface area contributed by atoms with Gasteiger partial charge < -0.3 is 0 Å². The summed E-state index contributed by atoms with van der Waals surface area (Å²) >= 11 is 0. The van der Waals surface area contributed by atoms with Gasteiger partial charge in [0.05, 0.1) is 0 Å². The minimum Gasteiger partial charge on any atom is -0.247 e. The molecule has 4 fully saturated rings. The van der Waals surface area contributed by atoms with E-state index in [2.05, 4.69) is 52.1 Å². The van der Waals surface area contributed by atoms with Crippen LogP contribution in [0.3, 0.4) is 0 Å². The van der Waals surface area contributed by atoms with Crippen molar-refractivity contribution in [2.45, 2.75) is 112 Å². The van der Waals surface area contributed by atoms with Crippen LogP contribution in [0.5, 0.6) is 0 Å². The van der Waals surface area contributed by atoms with Crippen LogP contribution in [0.4, 0.5) is 0 Å². The van der Waals surface area contributed by atoms with E-state index in [-0.39, 0.29) is 0 Å². The van der Waals surface area contributed by atoms with Crippen molar-refractivity contribution in [3.8, 4) is 12.3 Å². The normalized spacial score (nSPS) is 39.2. The fraction of sp³-hybridized carbons (Fsp3) is 0.743. The van der Waals surface area contributed by atoms with Crippen LogP contribution in [0.1, 0.15) is 123 Å². The predicted molar refractivity (Wildman–Crippen MR) is 155 cm³/mol. The highest BCUT2D eigenvalue weighted by atomic mass is 14.7. The van der Waals surface area contributed by atoms with Crippen LogP contribution < -0.4 is 0 Å². The van der Waals surface area contributed by atoms with E-state index < -0.39 is 0 Å². The first kappa shape index (κ1) is 27.5. The molecular formula is C35H53N. The SMILES string of the molecule is C#Cc1ccc(C(=C)C)cn1.CCC[C@@]1(C)CCC2C(CCC3C2CCC2(C)C(C(C)C)CCC32)C1. The van der Waals surface area contributed by atoms with E-state index in [9.17, 15) is 0 Å². The maximum absolute atomic E-state index is 5.14. The molecule has 0 saturated heterocycles. The van der Waals surface area contributed by atoms with Gasteiger partial charge in [-0.3, -0.25) is 0 Å². The molecule has 0 amide bonds. The first-order chi connectivity index (χ1) is 17.1. The number of nitrogens with zero attached hydrogens (tertiary/aromatic N) is 1. The predicted octanol–water partition coefficient (Wildman–Crippen LogP) is 9.81. The van der Waals surface area contributed by atoms with Crippen molar-refractivity contribution in [1.29, 1.82) is 0 Å². The number of pyridine rings is 1. The molecule has 4 saturated carbocycles. The largest absolute Gasteiger partial charge is 0.247 e. The molecule has 36 heavy (non-hydrogen) atoms. The molecule has 1 nitrogen and oxygen atoms in total. The maximum atomic E-state index is 5.14. The molecule has 0 aromatic carbocycles. The molecule has 4 aliphatic carbocycles. The highest BCUT2D eigenvalue weighted by Gasteiger charge is 2.57. The lowest BCUT2D eigenvalue weighted by Crippen LogP contribution is -2.49. The number of hydrogen-bond acceptors (Lipinski definition) is 1. The Kier molecular flexibility index (Phi) is 8.44.